The zero-order chi connectivity index (χ0) is 13.5. The average molecular weight is 256 g/mol. The molecule has 2 rings (SSSR count). The molecule has 1 unspecified atom stereocenters. The lowest BCUT2D eigenvalue weighted by atomic mass is 10.1. The molecule has 0 amide bonds. The predicted octanol–water partition coefficient (Wildman–Crippen LogP) is 3.79. The van der Waals surface area contributed by atoms with Crippen LogP contribution in [0.4, 0.5) is 0 Å². The van der Waals surface area contributed by atoms with Gasteiger partial charge in [0.05, 0.1) is 0 Å². The Kier molecular flexibility index (Phi) is 5.22. The standard InChI is InChI=1S/C17H24N2/c1-3-17(18-2)16-11-13-19(14-16)12-7-10-15-8-5-4-6-9-15/h4-6,8-9,11,13-14,17-18H,3,7,10,12H2,1-2H3. The Morgan fingerprint density at radius 1 is 1.16 bits per heavy atom. The van der Waals surface area contributed by atoms with Gasteiger partial charge in [0.2, 0.25) is 0 Å². The van der Waals surface area contributed by atoms with Gasteiger partial charge in [-0.1, -0.05) is 37.3 Å². The highest BCUT2D eigenvalue weighted by molar-refractivity contribution is 5.16. The lowest BCUT2D eigenvalue weighted by Crippen LogP contribution is -2.14. The molecule has 2 nitrogen and oxygen atoms in total. The van der Waals surface area contributed by atoms with E-state index in [2.05, 4.69) is 65.6 Å². The van der Waals surface area contributed by atoms with Crippen LogP contribution >= 0.6 is 0 Å². The van der Waals surface area contributed by atoms with Crippen LogP contribution in [-0.4, -0.2) is 11.6 Å². The fourth-order valence-corrected chi connectivity index (χ4v) is 2.52. The van der Waals surface area contributed by atoms with E-state index in [9.17, 15) is 0 Å². The van der Waals surface area contributed by atoms with E-state index < -0.39 is 0 Å². The molecule has 19 heavy (non-hydrogen) atoms. The van der Waals surface area contributed by atoms with E-state index in [0.717, 1.165) is 19.4 Å². The molecule has 0 aliphatic rings. The van der Waals surface area contributed by atoms with E-state index in [1.807, 2.05) is 7.05 Å². The summed E-state index contributed by atoms with van der Waals surface area (Å²) in [6.07, 6.45) is 7.94. The number of hydrogen-bond donors (Lipinski definition) is 1. The molecule has 0 radical (unpaired) electrons. The normalized spacial score (nSPS) is 12.5. The zero-order valence-electron chi connectivity index (χ0n) is 12.0. The first-order chi connectivity index (χ1) is 9.33. The van der Waals surface area contributed by atoms with E-state index in [1.54, 1.807) is 0 Å². The van der Waals surface area contributed by atoms with Crippen LogP contribution in [0.2, 0.25) is 0 Å². The number of hydrogen-bond acceptors (Lipinski definition) is 1. The molecule has 1 atom stereocenters. The van der Waals surface area contributed by atoms with E-state index >= 15 is 0 Å². The van der Waals surface area contributed by atoms with E-state index in [1.165, 1.54) is 17.5 Å². The summed E-state index contributed by atoms with van der Waals surface area (Å²) >= 11 is 0. The topological polar surface area (TPSA) is 17.0 Å². The van der Waals surface area contributed by atoms with E-state index in [0.29, 0.717) is 6.04 Å². The van der Waals surface area contributed by atoms with Crippen LogP contribution < -0.4 is 5.32 Å². The van der Waals surface area contributed by atoms with Gasteiger partial charge in [0.15, 0.2) is 0 Å². The van der Waals surface area contributed by atoms with Gasteiger partial charge in [-0.15, -0.1) is 0 Å². The first-order valence-corrected chi connectivity index (χ1v) is 7.20. The number of nitrogens with zero attached hydrogens (tertiary/aromatic N) is 1. The van der Waals surface area contributed by atoms with Crippen LogP contribution in [0.3, 0.4) is 0 Å². The molecular weight excluding hydrogens is 232 g/mol. The van der Waals surface area contributed by atoms with Crippen LogP contribution in [0.5, 0.6) is 0 Å². The molecule has 0 spiro atoms. The highest BCUT2D eigenvalue weighted by atomic mass is 14.9. The summed E-state index contributed by atoms with van der Waals surface area (Å²) in [5, 5.41) is 3.35. The third kappa shape index (κ3) is 3.97. The fourth-order valence-electron chi connectivity index (χ4n) is 2.52. The van der Waals surface area contributed by atoms with Gasteiger partial charge in [-0.05, 0) is 43.5 Å². The molecule has 0 fully saturated rings. The Labute approximate surface area is 116 Å². The molecule has 0 aliphatic heterocycles. The van der Waals surface area contributed by atoms with Gasteiger partial charge >= 0.3 is 0 Å². The SMILES string of the molecule is CCC(NC)c1ccn(CCCc2ccccc2)c1. The Morgan fingerprint density at radius 3 is 2.63 bits per heavy atom. The van der Waals surface area contributed by atoms with Crippen LogP contribution in [0.25, 0.3) is 0 Å². The quantitative estimate of drug-likeness (QED) is 0.797. The zero-order valence-corrected chi connectivity index (χ0v) is 12.0. The number of benzene rings is 1. The molecule has 1 aromatic carbocycles. The van der Waals surface area contributed by atoms with Gasteiger partial charge in [0.1, 0.15) is 0 Å². The summed E-state index contributed by atoms with van der Waals surface area (Å²) in [4.78, 5) is 0. The van der Waals surface area contributed by atoms with Gasteiger partial charge in [0, 0.05) is 25.0 Å². The minimum absolute atomic E-state index is 0.482. The molecule has 2 heteroatoms. The molecule has 0 saturated heterocycles. The molecule has 1 heterocycles. The van der Waals surface area contributed by atoms with Crippen LogP contribution in [0.15, 0.2) is 48.8 Å². The second-order valence-electron chi connectivity index (χ2n) is 5.02. The monoisotopic (exact) mass is 256 g/mol. The fraction of sp³-hybridized carbons (Fsp3) is 0.412. The molecule has 0 saturated carbocycles. The molecule has 2 aromatic rings. The number of aryl methyl sites for hydroxylation is 2. The Hall–Kier alpha value is -1.54. The molecular formula is C17H24N2. The van der Waals surface area contributed by atoms with Crippen molar-refractivity contribution in [3.8, 4) is 0 Å². The third-order valence-corrected chi connectivity index (χ3v) is 3.66. The van der Waals surface area contributed by atoms with Crippen molar-refractivity contribution in [2.45, 2.75) is 38.8 Å². The Balaban J connectivity index is 1.83. The summed E-state index contributed by atoms with van der Waals surface area (Å²) in [5.41, 5.74) is 2.82. The van der Waals surface area contributed by atoms with Gasteiger partial charge < -0.3 is 9.88 Å². The largest absolute Gasteiger partial charge is 0.354 e. The second kappa shape index (κ2) is 7.15. The number of rotatable bonds is 7. The van der Waals surface area contributed by atoms with Crippen LogP contribution in [-0.2, 0) is 13.0 Å². The summed E-state index contributed by atoms with van der Waals surface area (Å²) in [6.45, 7) is 3.31. The molecule has 1 N–H and O–H groups in total. The van der Waals surface area contributed by atoms with Crippen molar-refractivity contribution in [3.05, 3.63) is 59.9 Å². The summed E-state index contributed by atoms with van der Waals surface area (Å²) < 4.78 is 2.30. The maximum atomic E-state index is 3.35. The summed E-state index contributed by atoms with van der Waals surface area (Å²) in [6, 6.07) is 13.4. The minimum atomic E-state index is 0.482. The molecule has 0 aliphatic carbocycles. The lowest BCUT2D eigenvalue weighted by molar-refractivity contribution is 0.572. The number of nitrogens with one attached hydrogen (secondary N) is 1. The first-order valence-electron chi connectivity index (χ1n) is 7.20. The maximum Gasteiger partial charge on any atom is 0.0329 e. The average Bonchev–Trinajstić information content (AvgIpc) is 2.90. The predicted molar refractivity (Wildman–Crippen MR) is 81.3 cm³/mol. The molecule has 102 valence electrons. The van der Waals surface area contributed by atoms with Crippen molar-refractivity contribution in [3.63, 3.8) is 0 Å². The van der Waals surface area contributed by atoms with Gasteiger partial charge in [-0.25, -0.2) is 0 Å². The highest BCUT2D eigenvalue weighted by Crippen LogP contribution is 2.16. The first kappa shape index (κ1) is 13.9. The molecule has 0 bridgehead atoms. The van der Waals surface area contributed by atoms with Crippen molar-refractivity contribution in [1.82, 2.24) is 9.88 Å². The minimum Gasteiger partial charge on any atom is -0.354 e. The summed E-state index contributed by atoms with van der Waals surface area (Å²) in [7, 11) is 2.03. The van der Waals surface area contributed by atoms with Gasteiger partial charge in [-0.2, -0.15) is 0 Å². The lowest BCUT2D eigenvalue weighted by Gasteiger charge is -2.11. The van der Waals surface area contributed by atoms with Gasteiger partial charge in [-0.3, -0.25) is 0 Å². The summed E-state index contributed by atoms with van der Waals surface area (Å²) in [5.74, 6) is 0. The smallest absolute Gasteiger partial charge is 0.0329 e. The Morgan fingerprint density at radius 2 is 1.95 bits per heavy atom. The van der Waals surface area contributed by atoms with Crippen molar-refractivity contribution >= 4 is 0 Å². The van der Waals surface area contributed by atoms with Crippen molar-refractivity contribution < 1.29 is 0 Å². The van der Waals surface area contributed by atoms with E-state index in [-0.39, 0.29) is 0 Å². The number of aromatic nitrogens is 1. The maximum absolute atomic E-state index is 3.35. The van der Waals surface area contributed by atoms with Crippen LogP contribution in [0, 0.1) is 0 Å². The van der Waals surface area contributed by atoms with Crippen molar-refractivity contribution in [2.75, 3.05) is 7.05 Å². The molecule has 1 aromatic heterocycles. The Bertz CT molecular complexity index is 469. The second-order valence-corrected chi connectivity index (χ2v) is 5.02. The van der Waals surface area contributed by atoms with Gasteiger partial charge in [0.25, 0.3) is 0 Å². The van der Waals surface area contributed by atoms with Crippen LogP contribution in [0.1, 0.15) is 36.9 Å². The third-order valence-electron chi connectivity index (χ3n) is 3.66. The van der Waals surface area contributed by atoms with Crippen molar-refractivity contribution in [1.29, 1.82) is 0 Å². The highest BCUT2D eigenvalue weighted by Gasteiger charge is 2.07. The van der Waals surface area contributed by atoms with Crippen molar-refractivity contribution in [2.24, 2.45) is 0 Å². The van der Waals surface area contributed by atoms with E-state index in [4.69, 9.17) is 0 Å².